The molecular formula is C10H18ClNO2. The third-order valence-corrected chi connectivity index (χ3v) is 3.06. The lowest BCUT2D eigenvalue weighted by Gasteiger charge is -2.36. The summed E-state index contributed by atoms with van der Waals surface area (Å²) < 4.78 is 0. The highest BCUT2D eigenvalue weighted by atomic mass is 35.5. The average Bonchev–Trinajstić information content (AvgIpc) is 2.19. The van der Waals surface area contributed by atoms with Gasteiger partial charge in [0.05, 0.1) is 12.1 Å². The summed E-state index contributed by atoms with van der Waals surface area (Å²) in [5, 5.41) is 11.6. The van der Waals surface area contributed by atoms with Gasteiger partial charge in [-0.2, -0.15) is 0 Å². The topological polar surface area (TPSA) is 49.3 Å². The number of rotatable bonds is 3. The van der Waals surface area contributed by atoms with Gasteiger partial charge in [-0.3, -0.25) is 4.79 Å². The van der Waals surface area contributed by atoms with E-state index in [1.54, 1.807) is 6.92 Å². The van der Waals surface area contributed by atoms with Crippen molar-refractivity contribution in [1.82, 2.24) is 5.32 Å². The Morgan fingerprint density at radius 2 is 2.07 bits per heavy atom. The SMILES string of the molecule is CC(Cl)C(=O)NC1(CO)CCCCC1. The van der Waals surface area contributed by atoms with Crippen molar-refractivity contribution in [2.24, 2.45) is 0 Å². The van der Waals surface area contributed by atoms with Crippen molar-refractivity contribution < 1.29 is 9.90 Å². The quantitative estimate of drug-likeness (QED) is 0.706. The first kappa shape index (κ1) is 11.8. The van der Waals surface area contributed by atoms with Gasteiger partial charge in [-0.25, -0.2) is 0 Å². The standard InChI is InChI=1S/C10H18ClNO2/c1-8(11)9(14)12-10(7-13)5-3-2-4-6-10/h8,13H,2-7H2,1H3,(H,12,14). The number of aliphatic hydroxyl groups is 1. The number of carbonyl (C=O) groups is 1. The lowest BCUT2D eigenvalue weighted by Crippen LogP contribution is -2.54. The molecule has 1 rings (SSSR count). The van der Waals surface area contributed by atoms with Crippen LogP contribution in [0.3, 0.4) is 0 Å². The van der Waals surface area contributed by atoms with Gasteiger partial charge in [-0.15, -0.1) is 11.6 Å². The van der Waals surface area contributed by atoms with Crippen LogP contribution in [0.2, 0.25) is 0 Å². The van der Waals surface area contributed by atoms with Crippen LogP contribution in [0.4, 0.5) is 0 Å². The molecule has 3 nitrogen and oxygen atoms in total. The molecule has 1 amide bonds. The Kier molecular flexibility index (Phi) is 4.20. The van der Waals surface area contributed by atoms with Gasteiger partial charge in [0.25, 0.3) is 0 Å². The normalized spacial score (nSPS) is 22.8. The van der Waals surface area contributed by atoms with E-state index in [9.17, 15) is 9.90 Å². The number of aliphatic hydroxyl groups excluding tert-OH is 1. The molecule has 1 unspecified atom stereocenters. The summed E-state index contributed by atoms with van der Waals surface area (Å²) in [6.45, 7) is 1.66. The van der Waals surface area contributed by atoms with Gasteiger partial charge in [0.2, 0.25) is 5.91 Å². The van der Waals surface area contributed by atoms with Crippen molar-refractivity contribution in [3.8, 4) is 0 Å². The van der Waals surface area contributed by atoms with Crippen LogP contribution in [0.25, 0.3) is 0 Å². The molecule has 4 heteroatoms. The minimum absolute atomic E-state index is 0.0162. The van der Waals surface area contributed by atoms with Gasteiger partial charge in [-0.1, -0.05) is 19.3 Å². The third-order valence-electron chi connectivity index (χ3n) is 2.86. The number of halogens is 1. The van der Waals surface area contributed by atoms with Crippen LogP contribution in [0.15, 0.2) is 0 Å². The van der Waals surface area contributed by atoms with Crippen LogP contribution in [-0.4, -0.2) is 28.5 Å². The second kappa shape index (κ2) is 4.99. The minimum Gasteiger partial charge on any atom is -0.394 e. The molecule has 0 aromatic heterocycles. The molecule has 1 saturated carbocycles. The van der Waals surface area contributed by atoms with Crippen LogP contribution < -0.4 is 5.32 Å². The van der Waals surface area contributed by atoms with Crippen LogP contribution in [0.5, 0.6) is 0 Å². The average molecular weight is 220 g/mol. The van der Waals surface area contributed by atoms with Gasteiger partial charge in [-0.05, 0) is 19.8 Å². The Morgan fingerprint density at radius 1 is 1.50 bits per heavy atom. The van der Waals surface area contributed by atoms with Crippen molar-refractivity contribution in [2.75, 3.05) is 6.61 Å². The molecular weight excluding hydrogens is 202 g/mol. The lowest BCUT2D eigenvalue weighted by molar-refractivity contribution is -0.123. The zero-order valence-electron chi connectivity index (χ0n) is 8.55. The number of alkyl halides is 1. The van der Waals surface area contributed by atoms with Gasteiger partial charge in [0.1, 0.15) is 5.38 Å². The molecule has 1 fully saturated rings. The molecule has 0 aliphatic heterocycles. The summed E-state index contributed by atoms with van der Waals surface area (Å²) in [7, 11) is 0. The van der Waals surface area contributed by atoms with Crippen LogP contribution >= 0.6 is 11.6 Å². The highest BCUT2D eigenvalue weighted by molar-refractivity contribution is 6.30. The van der Waals surface area contributed by atoms with Crippen molar-refractivity contribution in [3.63, 3.8) is 0 Å². The van der Waals surface area contributed by atoms with Gasteiger partial charge >= 0.3 is 0 Å². The smallest absolute Gasteiger partial charge is 0.238 e. The van der Waals surface area contributed by atoms with Gasteiger partial charge in [0.15, 0.2) is 0 Å². The molecule has 0 aromatic rings. The van der Waals surface area contributed by atoms with Crippen molar-refractivity contribution in [3.05, 3.63) is 0 Å². The first-order valence-electron chi connectivity index (χ1n) is 5.17. The molecule has 1 atom stereocenters. The van der Waals surface area contributed by atoms with E-state index in [-0.39, 0.29) is 12.5 Å². The molecule has 1 aliphatic carbocycles. The lowest BCUT2D eigenvalue weighted by atomic mass is 9.82. The van der Waals surface area contributed by atoms with E-state index in [0.29, 0.717) is 0 Å². The molecule has 14 heavy (non-hydrogen) atoms. The van der Waals surface area contributed by atoms with Crippen molar-refractivity contribution in [1.29, 1.82) is 0 Å². The van der Waals surface area contributed by atoms with Gasteiger partial charge < -0.3 is 10.4 Å². The Bertz CT molecular complexity index is 200. The molecule has 2 N–H and O–H groups in total. The second-order valence-corrected chi connectivity index (χ2v) is 4.76. The molecule has 0 saturated heterocycles. The Morgan fingerprint density at radius 3 is 2.50 bits per heavy atom. The summed E-state index contributed by atoms with van der Waals surface area (Å²) >= 11 is 5.67. The van der Waals surface area contributed by atoms with E-state index < -0.39 is 10.9 Å². The first-order valence-corrected chi connectivity index (χ1v) is 5.60. The molecule has 0 bridgehead atoms. The Hall–Kier alpha value is -0.280. The Labute approximate surface area is 89.8 Å². The molecule has 0 heterocycles. The monoisotopic (exact) mass is 219 g/mol. The number of amides is 1. The summed E-state index contributed by atoms with van der Waals surface area (Å²) in [5.41, 5.74) is -0.404. The van der Waals surface area contributed by atoms with Gasteiger partial charge in [0, 0.05) is 0 Å². The molecule has 1 aliphatic rings. The second-order valence-electron chi connectivity index (χ2n) is 4.10. The fraction of sp³-hybridized carbons (Fsp3) is 0.900. The highest BCUT2D eigenvalue weighted by Crippen LogP contribution is 2.27. The molecule has 82 valence electrons. The number of carbonyl (C=O) groups excluding carboxylic acids is 1. The maximum atomic E-state index is 11.4. The van der Waals surface area contributed by atoms with E-state index in [0.717, 1.165) is 25.7 Å². The van der Waals surface area contributed by atoms with E-state index >= 15 is 0 Å². The maximum Gasteiger partial charge on any atom is 0.238 e. The number of nitrogens with one attached hydrogen (secondary N) is 1. The van der Waals surface area contributed by atoms with Crippen LogP contribution in [0.1, 0.15) is 39.0 Å². The van der Waals surface area contributed by atoms with E-state index in [4.69, 9.17) is 11.6 Å². The van der Waals surface area contributed by atoms with Crippen LogP contribution in [0, 0.1) is 0 Å². The zero-order chi connectivity index (χ0) is 10.6. The third kappa shape index (κ3) is 2.85. The Balaban J connectivity index is 2.56. The number of hydrogen-bond donors (Lipinski definition) is 2. The fourth-order valence-electron chi connectivity index (χ4n) is 1.91. The predicted molar refractivity (Wildman–Crippen MR) is 56.4 cm³/mol. The summed E-state index contributed by atoms with van der Waals surface area (Å²) in [5.74, 6) is -0.178. The van der Waals surface area contributed by atoms with Crippen molar-refractivity contribution >= 4 is 17.5 Å². The first-order chi connectivity index (χ1) is 6.59. The van der Waals surface area contributed by atoms with E-state index in [1.165, 1.54) is 6.42 Å². The highest BCUT2D eigenvalue weighted by Gasteiger charge is 2.33. The fourth-order valence-corrected chi connectivity index (χ4v) is 1.97. The molecule has 0 aromatic carbocycles. The van der Waals surface area contributed by atoms with E-state index in [1.807, 2.05) is 0 Å². The molecule has 0 radical (unpaired) electrons. The van der Waals surface area contributed by atoms with Crippen molar-refractivity contribution in [2.45, 2.75) is 49.9 Å². The number of hydrogen-bond acceptors (Lipinski definition) is 2. The zero-order valence-corrected chi connectivity index (χ0v) is 9.31. The minimum atomic E-state index is -0.527. The van der Waals surface area contributed by atoms with E-state index in [2.05, 4.69) is 5.32 Å². The summed E-state index contributed by atoms with van der Waals surface area (Å²) in [6.07, 6.45) is 5.04. The van der Waals surface area contributed by atoms with Crippen LogP contribution in [-0.2, 0) is 4.79 Å². The molecule has 0 spiro atoms. The maximum absolute atomic E-state index is 11.4. The summed E-state index contributed by atoms with van der Waals surface area (Å²) in [4.78, 5) is 11.4. The predicted octanol–water partition coefficient (Wildman–Crippen LogP) is 1.43. The summed E-state index contributed by atoms with van der Waals surface area (Å²) in [6, 6.07) is 0. The largest absolute Gasteiger partial charge is 0.394 e.